The number of ether oxygens (including phenoxy) is 1. The maximum absolute atomic E-state index is 12.1. The Kier molecular flexibility index (Phi) is 6.45. The topological polar surface area (TPSA) is 80.6 Å². The van der Waals surface area contributed by atoms with Crippen LogP contribution in [0.15, 0.2) is 22.8 Å². The lowest BCUT2D eigenvalue weighted by molar-refractivity contribution is -0.130. The Labute approximate surface area is 130 Å². The van der Waals surface area contributed by atoms with Crippen molar-refractivity contribution in [3.05, 3.63) is 24.2 Å². The van der Waals surface area contributed by atoms with E-state index in [4.69, 9.17) is 9.15 Å². The molecule has 6 nitrogen and oxygen atoms in total. The molecule has 2 amide bonds. The zero-order valence-electron chi connectivity index (χ0n) is 13.0. The Bertz CT molecular complexity index is 465. The third kappa shape index (κ3) is 4.87. The molecule has 22 heavy (non-hydrogen) atoms. The molecule has 1 aromatic rings. The minimum atomic E-state index is -0.00186. The van der Waals surface area contributed by atoms with Crippen LogP contribution >= 0.6 is 0 Å². The van der Waals surface area contributed by atoms with Gasteiger partial charge in [-0.3, -0.25) is 9.59 Å². The van der Waals surface area contributed by atoms with E-state index in [2.05, 4.69) is 10.6 Å². The summed E-state index contributed by atoms with van der Waals surface area (Å²) in [6, 6.07) is 3.64. The van der Waals surface area contributed by atoms with E-state index in [-0.39, 0.29) is 23.7 Å². The summed E-state index contributed by atoms with van der Waals surface area (Å²) in [5.74, 6) is 0.893. The maximum Gasteiger partial charge on any atom is 0.223 e. The van der Waals surface area contributed by atoms with Gasteiger partial charge in [0, 0.05) is 25.5 Å². The SMILES string of the molecule is COCCNC(=O)C1CCC(C(=O)NCc2ccco2)CC1. The fourth-order valence-corrected chi connectivity index (χ4v) is 2.77. The van der Waals surface area contributed by atoms with E-state index in [1.165, 1.54) is 0 Å². The van der Waals surface area contributed by atoms with Crippen LogP contribution in [-0.2, 0) is 20.9 Å². The highest BCUT2D eigenvalue weighted by Crippen LogP contribution is 2.29. The summed E-state index contributed by atoms with van der Waals surface area (Å²) >= 11 is 0. The predicted octanol–water partition coefficient (Wildman–Crippen LogP) is 1.46. The monoisotopic (exact) mass is 308 g/mol. The van der Waals surface area contributed by atoms with Crippen molar-refractivity contribution in [2.24, 2.45) is 11.8 Å². The quantitative estimate of drug-likeness (QED) is 0.747. The van der Waals surface area contributed by atoms with Gasteiger partial charge in [0.1, 0.15) is 5.76 Å². The third-order valence-corrected chi connectivity index (χ3v) is 4.09. The summed E-state index contributed by atoms with van der Waals surface area (Å²) in [4.78, 5) is 24.1. The molecule has 1 saturated carbocycles. The number of carbonyl (C=O) groups excluding carboxylic acids is 2. The van der Waals surface area contributed by atoms with E-state index < -0.39 is 0 Å². The highest BCUT2D eigenvalue weighted by Gasteiger charge is 2.29. The standard InChI is InChI=1S/C16H24N2O4/c1-21-10-8-17-15(19)12-4-6-13(7-5-12)16(20)18-11-14-3-2-9-22-14/h2-3,9,12-13H,4-8,10-11H2,1H3,(H,17,19)(H,18,20). The molecule has 2 N–H and O–H groups in total. The maximum atomic E-state index is 12.1. The molecule has 6 heteroatoms. The summed E-state index contributed by atoms with van der Waals surface area (Å²) in [7, 11) is 1.61. The fraction of sp³-hybridized carbons (Fsp3) is 0.625. The zero-order valence-corrected chi connectivity index (χ0v) is 13.0. The van der Waals surface area contributed by atoms with Gasteiger partial charge in [-0.05, 0) is 37.8 Å². The van der Waals surface area contributed by atoms with E-state index in [0.29, 0.717) is 19.7 Å². The van der Waals surface area contributed by atoms with Gasteiger partial charge in [0.05, 0.1) is 19.4 Å². The number of carbonyl (C=O) groups is 2. The van der Waals surface area contributed by atoms with Gasteiger partial charge in [0.25, 0.3) is 0 Å². The molecule has 0 aromatic carbocycles. The van der Waals surface area contributed by atoms with Crippen LogP contribution in [0, 0.1) is 11.8 Å². The number of furan rings is 1. The van der Waals surface area contributed by atoms with Crippen LogP contribution in [0.1, 0.15) is 31.4 Å². The highest BCUT2D eigenvalue weighted by molar-refractivity contribution is 5.81. The summed E-state index contributed by atoms with van der Waals surface area (Å²) in [6.45, 7) is 1.48. The van der Waals surface area contributed by atoms with E-state index in [1.54, 1.807) is 19.4 Å². The first-order chi connectivity index (χ1) is 10.7. The molecule has 1 aromatic heterocycles. The van der Waals surface area contributed by atoms with Gasteiger partial charge >= 0.3 is 0 Å². The molecule has 1 fully saturated rings. The van der Waals surface area contributed by atoms with Crippen molar-refractivity contribution >= 4 is 11.8 Å². The van der Waals surface area contributed by atoms with Crippen molar-refractivity contribution in [1.82, 2.24) is 10.6 Å². The average Bonchev–Trinajstić information content (AvgIpc) is 3.06. The second kappa shape index (κ2) is 8.58. The molecule has 0 saturated heterocycles. The van der Waals surface area contributed by atoms with Crippen LogP contribution < -0.4 is 10.6 Å². The van der Waals surface area contributed by atoms with Gasteiger partial charge in [-0.2, -0.15) is 0 Å². The first kappa shape index (κ1) is 16.5. The molecule has 0 unspecified atom stereocenters. The summed E-state index contributed by atoms with van der Waals surface area (Å²) < 4.78 is 10.1. The van der Waals surface area contributed by atoms with E-state index >= 15 is 0 Å². The molecule has 0 bridgehead atoms. The molecule has 1 heterocycles. The molecule has 0 aliphatic heterocycles. The molecule has 0 radical (unpaired) electrons. The molecule has 0 atom stereocenters. The molecule has 2 rings (SSSR count). The van der Waals surface area contributed by atoms with Gasteiger partial charge in [-0.25, -0.2) is 0 Å². The first-order valence-electron chi connectivity index (χ1n) is 7.77. The van der Waals surface area contributed by atoms with Crippen molar-refractivity contribution in [1.29, 1.82) is 0 Å². The van der Waals surface area contributed by atoms with Crippen molar-refractivity contribution in [3.8, 4) is 0 Å². The van der Waals surface area contributed by atoms with Crippen LogP contribution in [0.2, 0.25) is 0 Å². The average molecular weight is 308 g/mol. The third-order valence-electron chi connectivity index (χ3n) is 4.09. The molecule has 1 aliphatic rings. The molecular weight excluding hydrogens is 284 g/mol. The Morgan fingerprint density at radius 3 is 2.36 bits per heavy atom. The van der Waals surface area contributed by atoms with E-state index in [1.807, 2.05) is 6.07 Å². The number of hydrogen-bond acceptors (Lipinski definition) is 4. The van der Waals surface area contributed by atoms with Crippen LogP contribution in [-0.4, -0.2) is 32.1 Å². The van der Waals surface area contributed by atoms with Gasteiger partial charge < -0.3 is 19.8 Å². The van der Waals surface area contributed by atoms with E-state index in [9.17, 15) is 9.59 Å². The lowest BCUT2D eigenvalue weighted by Crippen LogP contribution is -2.38. The summed E-state index contributed by atoms with van der Waals surface area (Å²) in [5.41, 5.74) is 0. The van der Waals surface area contributed by atoms with Crippen LogP contribution in [0.25, 0.3) is 0 Å². The lowest BCUT2D eigenvalue weighted by atomic mass is 9.81. The predicted molar refractivity (Wildman–Crippen MR) is 80.9 cm³/mol. The van der Waals surface area contributed by atoms with Gasteiger partial charge in [0.15, 0.2) is 0 Å². The second-order valence-electron chi connectivity index (χ2n) is 5.63. The van der Waals surface area contributed by atoms with Gasteiger partial charge in [0.2, 0.25) is 11.8 Å². The smallest absolute Gasteiger partial charge is 0.223 e. The normalized spacial score (nSPS) is 21.3. The highest BCUT2D eigenvalue weighted by atomic mass is 16.5. The van der Waals surface area contributed by atoms with Crippen LogP contribution in [0.4, 0.5) is 0 Å². The number of hydrogen-bond donors (Lipinski definition) is 2. The minimum Gasteiger partial charge on any atom is -0.467 e. The Morgan fingerprint density at radius 2 is 1.82 bits per heavy atom. The van der Waals surface area contributed by atoms with Crippen LogP contribution in [0.3, 0.4) is 0 Å². The molecular formula is C16H24N2O4. The molecule has 0 spiro atoms. The molecule has 122 valence electrons. The zero-order chi connectivity index (χ0) is 15.8. The van der Waals surface area contributed by atoms with Crippen LogP contribution in [0.5, 0.6) is 0 Å². The Hall–Kier alpha value is -1.82. The summed E-state index contributed by atoms with van der Waals surface area (Å²) in [5, 5.41) is 5.76. The van der Waals surface area contributed by atoms with Crippen molar-refractivity contribution in [2.45, 2.75) is 32.2 Å². The Morgan fingerprint density at radius 1 is 1.18 bits per heavy atom. The minimum absolute atomic E-state index is 0.00186. The largest absolute Gasteiger partial charge is 0.467 e. The van der Waals surface area contributed by atoms with Crippen molar-refractivity contribution < 1.29 is 18.7 Å². The number of nitrogens with one attached hydrogen (secondary N) is 2. The van der Waals surface area contributed by atoms with Gasteiger partial charge in [-0.1, -0.05) is 0 Å². The van der Waals surface area contributed by atoms with Crippen molar-refractivity contribution in [2.75, 3.05) is 20.3 Å². The number of methoxy groups -OCH3 is 1. The molecule has 1 aliphatic carbocycles. The van der Waals surface area contributed by atoms with Crippen molar-refractivity contribution in [3.63, 3.8) is 0 Å². The first-order valence-corrected chi connectivity index (χ1v) is 7.77. The number of amides is 2. The second-order valence-corrected chi connectivity index (χ2v) is 5.63. The number of rotatable bonds is 7. The lowest BCUT2D eigenvalue weighted by Gasteiger charge is -2.27. The Balaban J connectivity index is 1.67. The van der Waals surface area contributed by atoms with Gasteiger partial charge in [-0.15, -0.1) is 0 Å². The fourth-order valence-electron chi connectivity index (χ4n) is 2.77. The van der Waals surface area contributed by atoms with E-state index in [0.717, 1.165) is 31.4 Å². The summed E-state index contributed by atoms with van der Waals surface area (Å²) in [6.07, 6.45) is 4.63.